The number of sulfonamides is 1. The van der Waals surface area contributed by atoms with Gasteiger partial charge in [0.25, 0.3) is 0 Å². The molecular weight excluding hydrogens is 252 g/mol. The molecule has 2 unspecified atom stereocenters. The molecule has 1 rings (SSSR count). The van der Waals surface area contributed by atoms with Gasteiger partial charge in [-0.1, -0.05) is 13.8 Å². The van der Waals surface area contributed by atoms with Crippen molar-refractivity contribution in [2.45, 2.75) is 33.1 Å². The zero-order chi connectivity index (χ0) is 13.8. The van der Waals surface area contributed by atoms with Crippen molar-refractivity contribution in [3.63, 3.8) is 0 Å². The molecule has 6 heteroatoms. The lowest BCUT2D eigenvalue weighted by Gasteiger charge is -2.34. The van der Waals surface area contributed by atoms with Gasteiger partial charge in [0.05, 0.1) is 6.26 Å². The lowest BCUT2D eigenvalue weighted by Crippen LogP contribution is -2.45. The Kier molecular flexibility index (Phi) is 5.59. The van der Waals surface area contributed by atoms with E-state index in [0.29, 0.717) is 13.1 Å². The van der Waals surface area contributed by atoms with Crippen LogP contribution >= 0.6 is 0 Å². The fraction of sp³-hybridized carbons (Fsp3) is 0.917. The highest BCUT2D eigenvalue weighted by molar-refractivity contribution is 7.88. The Bertz CT molecular complexity index is 381. The summed E-state index contributed by atoms with van der Waals surface area (Å²) < 4.78 is 24.6. The van der Waals surface area contributed by atoms with Gasteiger partial charge < -0.3 is 4.90 Å². The van der Waals surface area contributed by atoms with Crippen molar-refractivity contribution in [3.8, 4) is 0 Å². The molecule has 1 aliphatic heterocycles. The van der Waals surface area contributed by atoms with Crippen molar-refractivity contribution < 1.29 is 13.2 Å². The highest BCUT2D eigenvalue weighted by Gasteiger charge is 2.26. The highest BCUT2D eigenvalue weighted by atomic mass is 32.2. The van der Waals surface area contributed by atoms with Crippen LogP contribution in [0.1, 0.15) is 33.1 Å². The van der Waals surface area contributed by atoms with Gasteiger partial charge in [-0.2, -0.15) is 0 Å². The zero-order valence-corrected chi connectivity index (χ0v) is 12.3. The summed E-state index contributed by atoms with van der Waals surface area (Å²) in [5.41, 5.74) is 0. The number of likely N-dealkylation sites (tertiary alicyclic amines) is 1. The molecule has 0 aromatic carbocycles. The Morgan fingerprint density at radius 2 is 2.17 bits per heavy atom. The minimum atomic E-state index is -3.14. The molecule has 106 valence electrons. The average molecular weight is 276 g/mol. The molecule has 18 heavy (non-hydrogen) atoms. The molecular formula is C12H24N2O3S. The Labute approximate surface area is 110 Å². The number of amides is 1. The van der Waals surface area contributed by atoms with Gasteiger partial charge in [-0.3, -0.25) is 4.79 Å². The third kappa shape index (κ3) is 4.94. The molecule has 0 aliphatic carbocycles. The Morgan fingerprint density at radius 1 is 1.50 bits per heavy atom. The Morgan fingerprint density at radius 3 is 2.72 bits per heavy atom. The van der Waals surface area contributed by atoms with Crippen molar-refractivity contribution in [1.82, 2.24) is 9.62 Å². The van der Waals surface area contributed by atoms with Gasteiger partial charge in [-0.05, 0) is 25.2 Å². The van der Waals surface area contributed by atoms with Crippen LogP contribution in [0, 0.1) is 11.8 Å². The molecule has 2 atom stereocenters. The Balaban J connectivity index is 2.48. The van der Waals surface area contributed by atoms with Crippen molar-refractivity contribution in [2.75, 3.05) is 25.9 Å². The minimum absolute atomic E-state index is 0.0617. The van der Waals surface area contributed by atoms with Crippen LogP contribution in [0.4, 0.5) is 0 Å². The number of carbonyl (C=O) groups is 1. The topological polar surface area (TPSA) is 66.5 Å². The number of nitrogens with zero attached hydrogens (tertiary/aromatic N) is 1. The molecule has 1 heterocycles. The van der Waals surface area contributed by atoms with Gasteiger partial charge in [0, 0.05) is 25.6 Å². The number of hydrogen-bond acceptors (Lipinski definition) is 3. The van der Waals surface area contributed by atoms with Gasteiger partial charge in [-0.15, -0.1) is 0 Å². The van der Waals surface area contributed by atoms with E-state index >= 15 is 0 Å². The molecule has 0 saturated carbocycles. The summed E-state index contributed by atoms with van der Waals surface area (Å²) in [5.74, 6) is 0.495. The highest BCUT2D eigenvalue weighted by Crippen LogP contribution is 2.18. The van der Waals surface area contributed by atoms with E-state index in [1.807, 2.05) is 18.7 Å². The number of carbonyl (C=O) groups excluding carboxylic acids is 1. The van der Waals surface area contributed by atoms with Crippen molar-refractivity contribution in [3.05, 3.63) is 0 Å². The van der Waals surface area contributed by atoms with E-state index in [1.54, 1.807) is 0 Å². The maximum atomic E-state index is 12.1. The first-order chi connectivity index (χ1) is 8.33. The van der Waals surface area contributed by atoms with E-state index < -0.39 is 10.0 Å². The fourth-order valence-electron chi connectivity index (χ4n) is 2.19. The summed E-state index contributed by atoms with van der Waals surface area (Å²) in [5, 5.41) is 0. The van der Waals surface area contributed by atoms with Crippen molar-refractivity contribution >= 4 is 15.9 Å². The van der Waals surface area contributed by atoms with E-state index in [-0.39, 0.29) is 17.7 Å². The van der Waals surface area contributed by atoms with E-state index in [9.17, 15) is 13.2 Å². The maximum Gasteiger partial charge on any atom is 0.225 e. The van der Waals surface area contributed by atoms with E-state index in [2.05, 4.69) is 4.72 Å². The fourth-order valence-corrected chi connectivity index (χ4v) is 2.73. The lowest BCUT2D eigenvalue weighted by atomic mass is 9.96. The molecule has 1 fully saturated rings. The van der Waals surface area contributed by atoms with Crippen LogP contribution in [0.15, 0.2) is 0 Å². The largest absolute Gasteiger partial charge is 0.342 e. The second-order valence-electron chi connectivity index (χ2n) is 5.22. The van der Waals surface area contributed by atoms with E-state index in [1.165, 1.54) is 0 Å². The summed E-state index contributed by atoms with van der Waals surface area (Å²) >= 11 is 0. The molecule has 1 amide bonds. The summed E-state index contributed by atoms with van der Waals surface area (Å²) in [4.78, 5) is 13.9. The molecule has 0 spiro atoms. The third-order valence-corrected chi connectivity index (χ3v) is 4.19. The average Bonchev–Trinajstić information content (AvgIpc) is 2.34. The smallest absolute Gasteiger partial charge is 0.225 e. The van der Waals surface area contributed by atoms with Crippen LogP contribution in [-0.2, 0) is 14.8 Å². The number of piperidine rings is 1. The maximum absolute atomic E-state index is 12.1. The molecule has 1 aliphatic rings. The lowest BCUT2D eigenvalue weighted by molar-refractivity contribution is -0.136. The predicted octanol–water partition coefficient (Wildman–Crippen LogP) is 0.820. The van der Waals surface area contributed by atoms with Crippen LogP contribution in [0.25, 0.3) is 0 Å². The van der Waals surface area contributed by atoms with Crippen molar-refractivity contribution in [2.24, 2.45) is 11.8 Å². The van der Waals surface area contributed by atoms with Crippen LogP contribution in [-0.4, -0.2) is 45.1 Å². The number of rotatable bonds is 5. The monoisotopic (exact) mass is 276 g/mol. The normalized spacial score (nSPS) is 22.8. The number of hydrogen-bond donors (Lipinski definition) is 1. The summed E-state index contributed by atoms with van der Waals surface area (Å²) in [7, 11) is -3.14. The van der Waals surface area contributed by atoms with E-state index in [4.69, 9.17) is 0 Å². The zero-order valence-electron chi connectivity index (χ0n) is 11.5. The van der Waals surface area contributed by atoms with Crippen LogP contribution in [0.3, 0.4) is 0 Å². The SMILES string of the molecule is CCC(C)C(=O)N1CCCC(CNS(C)(=O)=O)C1. The number of nitrogens with one attached hydrogen (secondary N) is 1. The molecule has 1 N–H and O–H groups in total. The molecule has 0 aromatic rings. The molecule has 1 saturated heterocycles. The summed E-state index contributed by atoms with van der Waals surface area (Å²) in [6.45, 7) is 5.86. The van der Waals surface area contributed by atoms with Gasteiger partial charge >= 0.3 is 0 Å². The van der Waals surface area contributed by atoms with Crippen LogP contribution < -0.4 is 4.72 Å². The molecule has 0 radical (unpaired) electrons. The van der Waals surface area contributed by atoms with Gasteiger partial charge in [0.1, 0.15) is 0 Å². The second-order valence-corrected chi connectivity index (χ2v) is 7.06. The van der Waals surface area contributed by atoms with Gasteiger partial charge in [0.2, 0.25) is 15.9 Å². The van der Waals surface area contributed by atoms with E-state index in [0.717, 1.165) is 32.1 Å². The quantitative estimate of drug-likeness (QED) is 0.808. The summed E-state index contributed by atoms with van der Waals surface area (Å²) in [6, 6.07) is 0. The second kappa shape index (κ2) is 6.52. The molecule has 0 bridgehead atoms. The van der Waals surface area contributed by atoms with Gasteiger partial charge in [0.15, 0.2) is 0 Å². The first-order valence-corrected chi connectivity index (χ1v) is 8.46. The first-order valence-electron chi connectivity index (χ1n) is 6.57. The Hall–Kier alpha value is -0.620. The standard InChI is InChI=1S/C12H24N2O3S/c1-4-10(2)12(15)14-7-5-6-11(9-14)8-13-18(3,16)17/h10-11,13H,4-9H2,1-3H3. The van der Waals surface area contributed by atoms with Crippen LogP contribution in [0.2, 0.25) is 0 Å². The minimum Gasteiger partial charge on any atom is -0.342 e. The third-order valence-electron chi connectivity index (χ3n) is 3.50. The summed E-state index contributed by atoms with van der Waals surface area (Å²) in [6.07, 6.45) is 3.95. The van der Waals surface area contributed by atoms with Gasteiger partial charge in [-0.25, -0.2) is 13.1 Å². The van der Waals surface area contributed by atoms with Crippen molar-refractivity contribution in [1.29, 1.82) is 0 Å². The van der Waals surface area contributed by atoms with Crippen LogP contribution in [0.5, 0.6) is 0 Å². The first kappa shape index (κ1) is 15.4. The molecule has 0 aromatic heterocycles. The molecule has 5 nitrogen and oxygen atoms in total. The predicted molar refractivity (Wildman–Crippen MR) is 71.6 cm³/mol.